The summed E-state index contributed by atoms with van der Waals surface area (Å²) in [5, 5.41) is 23.9. The SMILES string of the molecule is O=[N+]([O-])c1ccc(Cl)c(CNCC(O)C2CC2)c1. The molecule has 0 heterocycles. The first kappa shape index (κ1) is 13.3. The van der Waals surface area contributed by atoms with Gasteiger partial charge < -0.3 is 10.4 Å². The fraction of sp³-hybridized carbons (Fsp3) is 0.500. The van der Waals surface area contributed by atoms with Gasteiger partial charge in [0, 0.05) is 30.2 Å². The molecule has 98 valence electrons. The molecule has 0 saturated heterocycles. The Labute approximate surface area is 110 Å². The van der Waals surface area contributed by atoms with Crippen LogP contribution in [0.15, 0.2) is 18.2 Å². The van der Waals surface area contributed by atoms with Gasteiger partial charge in [-0.2, -0.15) is 0 Å². The van der Waals surface area contributed by atoms with E-state index in [1.54, 1.807) is 0 Å². The van der Waals surface area contributed by atoms with Gasteiger partial charge >= 0.3 is 0 Å². The number of non-ortho nitro benzene ring substituents is 1. The normalized spacial score (nSPS) is 16.6. The number of hydrogen-bond donors (Lipinski definition) is 2. The number of halogens is 1. The number of benzene rings is 1. The summed E-state index contributed by atoms with van der Waals surface area (Å²) in [7, 11) is 0. The Morgan fingerprint density at radius 2 is 2.28 bits per heavy atom. The first-order valence-electron chi connectivity index (χ1n) is 5.89. The van der Waals surface area contributed by atoms with Crippen LogP contribution in [-0.4, -0.2) is 22.7 Å². The lowest BCUT2D eigenvalue weighted by Crippen LogP contribution is -2.27. The van der Waals surface area contributed by atoms with Crippen LogP contribution in [0.25, 0.3) is 0 Å². The summed E-state index contributed by atoms with van der Waals surface area (Å²) in [4.78, 5) is 10.2. The highest BCUT2D eigenvalue weighted by Crippen LogP contribution is 2.32. The first-order chi connectivity index (χ1) is 8.58. The molecule has 1 saturated carbocycles. The molecule has 2 N–H and O–H groups in total. The molecule has 2 rings (SSSR count). The highest BCUT2D eigenvalue weighted by molar-refractivity contribution is 6.31. The van der Waals surface area contributed by atoms with Gasteiger partial charge in [-0.15, -0.1) is 0 Å². The van der Waals surface area contributed by atoms with E-state index in [-0.39, 0.29) is 11.8 Å². The highest BCUT2D eigenvalue weighted by atomic mass is 35.5. The number of hydrogen-bond acceptors (Lipinski definition) is 4. The van der Waals surface area contributed by atoms with Crippen molar-refractivity contribution in [2.45, 2.75) is 25.5 Å². The first-order valence-corrected chi connectivity index (χ1v) is 6.27. The van der Waals surface area contributed by atoms with Gasteiger partial charge in [-0.05, 0) is 30.4 Å². The molecule has 1 atom stereocenters. The van der Waals surface area contributed by atoms with Gasteiger partial charge in [0.25, 0.3) is 5.69 Å². The zero-order chi connectivity index (χ0) is 13.1. The molecule has 0 aliphatic heterocycles. The van der Waals surface area contributed by atoms with Crippen molar-refractivity contribution in [1.82, 2.24) is 5.32 Å². The van der Waals surface area contributed by atoms with Crippen molar-refractivity contribution in [1.29, 1.82) is 0 Å². The Kier molecular flexibility index (Phi) is 4.16. The number of nitrogens with one attached hydrogen (secondary N) is 1. The van der Waals surface area contributed by atoms with E-state index in [0.29, 0.717) is 29.6 Å². The minimum absolute atomic E-state index is 0.0268. The fourth-order valence-corrected chi connectivity index (χ4v) is 2.00. The van der Waals surface area contributed by atoms with Gasteiger partial charge in [0.1, 0.15) is 0 Å². The van der Waals surface area contributed by atoms with Crippen LogP contribution in [0.3, 0.4) is 0 Å². The molecular formula is C12H15ClN2O3. The number of nitrogens with zero attached hydrogens (tertiary/aromatic N) is 1. The zero-order valence-electron chi connectivity index (χ0n) is 9.80. The molecule has 5 nitrogen and oxygen atoms in total. The Bertz CT molecular complexity index is 449. The predicted octanol–water partition coefficient (Wildman–Crippen LogP) is 2.11. The summed E-state index contributed by atoms with van der Waals surface area (Å²) in [6.45, 7) is 0.911. The summed E-state index contributed by atoms with van der Waals surface area (Å²) in [5.41, 5.74) is 0.702. The molecule has 0 bridgehead atoms. The molecule has 0 spiro atoms. The second kappa shape index (κ2) is 5.65. The molecule has 0 amide bonds. The van der Waals surface area contributed by atoms with E-state index < -0.39 is 4.92 Å². The number of nitro groups is 1. The Morgan fingerprint density at radius 3 is 2.89 bits per heavy atom. The van der Waals surface area contributed by atoms with Crippen LogP contribution in [0.5, 0.6) is 0 Å². The minimum Gasteiger partial charge on any atom is -0.392 e. The maximum atomic E-state index is 10.6. The van der Waals surface area contributed by atoms with Crippen molar-refractivity contribution in [2.24, 2.45) is 5.92 Å². The van der Waals surface area contributed by atoms with Crippen LogP contribution in [0.2, 0.25) is 5.02 Å². The molecule has 1 unspecified atom stereocenters. The van der Waals surface area contributed by atoms with E-state index in [2.05, 4.69) is 5.32 Å². The van der Waals surface area contributed by atoms with E-state index in [1.165, 1.54) is 18.2 Å². The monoisotopic (exact) mass is 270 g/mol. The van der Waals surface area contributed by atoms with Gasteiger partial charge in [0.2, 0.25) is 0 Å². The number of nitro benzene ring substituents is 1. The van der Waals surface area contributed by atoms with Crippen molar-refractivity contribution >= 4 is 17.3 Å². The summed E-state index contributed by atoms with van der Waals surface area (Å²) < 4.78 is 0. The van der Waals surface area contributed by atoms with Crippen LogP contribution in [0.4, 0.5) is 5.69 Å². The third-order valence-corrected chi connectivity index (χ3v) is 3.44. The maximum Gasteiger partial charge on any atom is 0.269 e. The lowest BCUT2D eigenvalue weighted by atomic mass is 10.2. The Balaban J connectivity index is 1.91. The van der Waals surface area contributed by atoms with E-state index in [4.69, 9.17) is 11.6 Å². The Morgan fingerprint density at radius 1 is 1.56 bits per heavy atom. The second-order valence-electron chi connectivity index (χ2n) is 4.57. The molecule has 1 aliphatic carbocycles. The van der Waals surface area contributed by atoms with Crippen molar-refractivity contribution in [3.8, 4) is 0 Å². The van der Waals surface area contributed by atoms with E-state index in [1.807, 2.05) is 0 Å². The van der Waals surface area contributed by atoms with Crippen LogP contribution < -0.4 is 5.32 Å². The molecule has 18 heavy (non-hydrogen) atoms. The zero-order valence-corrected chi connectivity index (χ0v) is 10.6. The molecular weight excluding hydrogens is 256 g/mol. The summed E-state index contributed by atoms with van der Waals surface area (Å²) >= 11 is 5.97. The Hall–Kier alpha value is -1.17. The third kappa shape index (κ3) is 3.41. The average molecular weight is 271 g/mol. The van der Waals surface area contributed by atoms with Gasteiger partial charge in [-0.3, -0.25) is 10.1 Å². The number of aliphatic hydroxyl groups is 1. The highest BCUT2D eigenvalue weighted by Gasteiger charge is 2.29. The van der Waals surface area contributed by atoms with Crippen molar-refractivity contribution in [3.63, 3.8) is 0 Å². The quantitative estimate of drug-likeness (QED) is 0.613. The molecule has 0 radical (unpaired) electrons. The minimum atomic E-state index is -0.446. The molecule has 0 aromatic heterocycles. The standard InChI is InChI=1S/C12H15ClN2O3/c13-11-4-3-10(15(17)18)5-9(11)6-14-7-12(16)8-1-2-8/h3-5,8,12,14,16H,1-2,6-7H2. The van der Waals surface area contributed by atoms with E-state index in [0.717, 1.165) is 12.8 Å². The largest absolute Gasteiger partial charge is 0.392 e. The van der Waals surface area contributed by atoms with Gasteiger partial charge in [0.15, 0.2) is 0 Å². The molecule has 1 aromatic carbocycles. The fourth-order valence-electron chi connectivity index (χ4n) is 1.81. The van der Waals surface area contributed by atoms with Crippen molar-refractivity contribution in [3.05, 3.63) is 38.9 Å². The van der Waals surface area contributed by atoms with Crippen LogP contribution >= 0.6 is 11.6 Å². The van der Waals surface area contributed by atoms with Gasteiger partial charge in [0.05, 0.1) is 11.0 Å². The van der Waals surface area contributed by atoms with Crippen LogP contribution in [-0.2, 0) is 6.54 Å². The maximum absolute atomic E-state index is 10.6. The lowest BCUT2D eigenvalue weighted by molar-refractivity contribution is -0.384. The topological polar surface area (TPSA) is 75.4 Å². The second-order valence-corrected chi connectivity index (χ2v) is 4.98. The smallest absolute Gasteiger partial charge is 0.269 e. The predicted molar refractivity (Wildman–Crippen MR) is 68.5 cm³/mol. The van der Waals surface area contributed by atoms with Gasteiger partial charge in [-0.25, -0.2) is 0 Å². The van der Waals surface area contributed by atoms with Gasteiger partial charge in [-0.1, -0.05) is 11.6 Å². The van der Waals surface area contributed by atoms with E-state index >= 15 is 0 Å². The summed E-state index contributed by atoms with van der Waals surface area (Å²) in [6, 6.07) is 4.36. The number of rotatable bonds is 6. The lowest BCUT2D eigenvalue weighted by Gasteiger charge is -2.11. The molecule has 6 heteroatoms. The van der Waals surface area contributed by atoms with Crippen molar-refractivity contribution in [2.75, 3.05) is 6.54 Å². The average Bonchev–Trinajstić information content (AvgIpc) is 3.15. The van der Waals surface area contributed by atoms with Crippen LogP contribution in [0.1, 0.15) is 18.4 Å². The third-order valence-electron chi connectivity index (χ3n) is 3.08. The molecule has 1 aromatic rings. The number of aliphatic hydroxyl groups excluding tert-OH is 1. The van der Waals surface area contributed by atoms with Crippen LogP contribution in [0, 0.1) is 16.0 Å². The molecule has 1 aliphatic rings. The van der Waals surface area contributed by atoms with E-state index in [9.17, 15) is 15.2 Å². The van der Waals surface area contributed by atoms with Crippen molar-refractivity contribution < 1.29 is 10.0 Å². The summed E-state index contributed by atoms with van der Waals surface area (Å²) in [6.07, 6.45) is 1.84. The molecule has 1 fully saturated rings. The summed E-state index contributed by atoms with van der Waals surface area (Å²) in [5.74, 6) is 0.415.